The first-order chi connectivity index (χ1) is 7.27. The molecule has 2 aromatic rings. The van der Waals surface area contributed by atoms with Crippen molar-refractivity contribution < 1.29 is 9.50 Å². The Kier molecular flexibility index (Phi) is 2.69. The highest BCUT2D eigenvalue weighted by atomic mass is 19.1. The summed E-state index contributed by atoms with van der Waals surface area (Å²) >= 11 is 0. The fourth-order valence-corrected chi connectivity index (χ4v) is 1.30. The van der Waals surface area contributed by atoms with Crippen LogP contribution in [0.25, 0.3) is 0 Å². The molecule has 1 heterocycles. The minimum atomic E-state index is -0.791. The van der Waals surface area contributed by atoms with E-state index in [4.69, 9.17) is 0 Å². The number of hydrogen-bond donors (Lipinski definition) is 1. The van der Waals surface area contributed by atoms with Crippen LogP contribution in [-0.2, 0) is 0 Å². The molecule has 1 N–H and O–H groups in total. The van der Waals surface area contributed by atoms with Crippen molar-refractivity contribution in [2.24, 2.45) is 0 Å². The van der Waals surface area contributed by atoms with Crippen molar-refractivity contribution in [3.63, 3.8) is 0 Å². The third-order valence-corrected chi connectivity index (χ3v) is 2.11. The first kappa shape index (κ1) is 9.73. The van der Waals surface area contributed by atoms with Crippen molar-refractivity contribution in [3.8, 4) is 0 Å². The highest BCUT2D eigenvalue weighted by Gasteiger charge is 2.09. The van der Waals surface area contributed by atoms with Crippen LogP contribution in [0.3, 0.4) is 0 Å². The summed E-state index contributed by atoms with van der Waals surface area (Å²) in [5.74, 6) is -0.321. The highest BCUT2D eigenvalue weighted by Crippen LogP contribution is 2.20. The van der Waals surface area contributed by atoms with Gasteiger partial charge in [0.1, 0.15) is 11.9 Å². The van der Waals surface area contributed by atoms with Gasteiger partial charge in [-0.2, -0.15) is 10.2 Å². The molecular formula is C11H9FN2O. The van der Waals surface area contributed by atoms with Crippen molar-refractivity contribution in [1.29, 1.82) is 0 Å². The molecule has 0 saturated carbocycles. The van der Waals surface area contributed by atoms with Crippen LogP contribution in [-0.4, -0.2) is 15.3 Å². The summed E-state index contributed by atoms with van der Waals surface area (Å²) < 4.78 is 12.6. The van der Waals surface area contributed by atoms with Crippen LogP contribution in [0.4, 0.5) is 4.39 Å². The Morgan fingerprint density at radius 2 is 1.73 bits per heavy atom. The Morgan fingerprint density at radius 1 is 1.00 bits per heavy atom. The van der Waals surface area contributed by atoms with Crippen LogP contribution in [0.5, 0.6) is 0 Å². The second kappa shape index (κ2) is 4.14. The zero-order chi connectivity index (χ0) is 10.7. The molecule has 0 radical (unpaired) electrons. The number of aromatic nitrogens is 2. The van der Waals surface area contributed by atoms with E-state index in [1.165, 1.54) is 24.5 Å². The van der Waals surface area contributed by atoms with Gasteiger partial charge in [0, 0.05) is 11.8 Å². The number of aliphatic hydroxyl groups excluding tert-OH is 1. The Labute approximate surface area is 86.2 Å². The predicted molar refractivity (Wildman–Crippen MR) is 52.5 cm³/mol. The number of benzene rings is 1. The number of halogens is 1. The van der Waals surface area contributed by atoms with E-state index in [0.717, 1.165) is 0 Å². The molecule has 0 saturated heterocycles. The smallest absolute Gasteiger partial charge is 0.123 e. The van der Waals surface area contributed by atoms with E-state index in [2.05, 4.69) is 10.2 Å². The Morgan fingerprint density at radius 3 is 2.33 bits per heavy atom. The third kappa shape index (κ3) is 2.16. The lowest BCUT2D eigenvalue weighted by Gasteiger charge is -2.09. The van der Waals surface area contributed by atoms with E-state index in [0.29, 0.717) is 11.1 Å². The molecule has 15 heavy (non-hydrogen) atoms. The molecule has 4 heteroatoms. The van der Waals surface area contributed by atoms with Gasteiger partial charge in [0.05, 0.1) is 6.20 Å². The molecule has 0 aliphatic rings. The molecular weight excluding hydrogens is 195 g/mol. The first-order valence-corrected chi connectivity index (χ1v) is 4.47. The molecule has 1 unspecified atom stereocenters. The fraction of sp³-hybridized carbons (Fsp3) is 0.0909. The van der Waals surface area contributed by atoms with Crippen molar-refractivity contribution in [2.45, 2.75) is 6.10 Å². The Hall–Kier alpha value is -1.81. The molecule has 0 spiro atoms. The normalized spacial score (nSPS) is 12.4. The van der Waals surface area contributed by atoms with E-state index in [-0.39, 0.29) is 5.82 Å². The zero-order valence-corrected chi connectivity index (χ0v) is 7.84. The van der Waals surface area contributed by atoms with Gasteiger partial charge in [0.2, 0.25) is 0 Å². The summed E-state index contributed by atoms with van der Waals surface area (Å²) in [5, 5.41) is 17.2. The highest BCUT2D eigenvalue weighted by molar-refractivity contribution is 5.27. The number of nitrogens with zero attached hydrogens (tertiary/aromatic N) is 2. The monoisotopic (exact) mass is 204 g/mol. The van der Waals surface area contributed by atoms with Crippen LogP contribution < -0.4 is 0 Å². The number of hydrogen-bond acceptors (Lipinski definition) is 3. The van der Waals surface area contributed by atoms with Crippen LogP contribution in [0.1, 0.15) is 17.2 Å². The van der Waals surface area contributed by atoms with Crippen LogP contribution in [0.2, 0.25) is 0 Å². The zero-order valence-electron chi connectivity index (χ0n) is 7.84. The molecule has 1 atom stereocenters. The molecule has 0 bridgehead atoms. The molecule has 0 fully saturated rings. The van der Waals surface area contributed by atoms with Gasteiger partial charge in [-0.05, 0) is 23.8 Å². The van der Waals surface area contributed by atoms with Gasteiger partial charge < -0.3 is 5.11 Å². The summed E-state index contributed by atoms with van der Waals surface area (Å²) in [7, 11) is 0. The summed E-state index contributed by atoms with van der Waals surface area (Å²) in [6.45, 7) is 0. The lowest BCUT2D eigenvalue weighted by atomic mass is 10.0. The van der Waals surface area contributed by atoms with E-state index in [1.54, 1.807) is 18.2 Å². The van der Waals surface area contributed by atoms with Gasteiger partial charge in [-0.25, -0.2) is 4.39 Å². The van der Waals surface area contributed by atoms with Gasteiger partial charge >= 0.3 is 0 Å². The second-order valence-corrected chi connectivity index (χ2v) is 3.13. The van der Waals surface area contributed by atoms with E-state index in [9.17, 15) is 9.50 Å². The van der Waals surface area contributed by atoms with Gasteiger partial charge in [-0.1, -0.05) is 12.1 Å². The van der Waals surface area contributed by atoms with Crippen molar-refractivity contribution in [1.82, 2.24) is 10.2 Å². The first-order valence-electron chi connectivity index (χ1n) is 4.47. The standard InChI is InChI=1S/C11H9FN2O/c12-10-3-1-8(2-4-10)11(15)9-5-6-13-14-7-9/h1-7,11,15H. The van der Waals surface area contributed by atoms with Gasteiger partial charge in [0.25, 0.3) is 0 Å². The summed E-state index contributed by atoms with van der Waals surface area (Å²) in [4.78, 5) is 0. The number of rotatable bonds is 2. The molecule has 0 aliphatic heterocycles. The maximum atomic E-state index is 12.6. The minimum Gasteiger partial charge on any atom is -0.384 e. The fourth-order valence-electron chi connectivity index (χ4n) is 1.30. The second-order valence-electron chi connectivity index (χ2n) is 3.13. The van der Waals surface area contributed by atoms with Gasteiger partial charge in [-0.15, -0.1) is 0 Å². The molecule has 1 aromatic carbocycles. The van der Waals surface area contributed by atoms with E-state index >= 15 is 0 Å². The largest absolute Gasteiger partial charge is 0.384 e. The van der Waals surface area contributed by atoms with Gasteiger partial charge in [-0.3, -0.25) is 0 Å². The molecule has 76 valence electrons. The lowest BCUT2D eigenvalue weighted by molar-refractivity contribution is 0.219. The predicted octanol–water partition coefficient (Wildman–Crippen LogP) is 1.70. The quantitative estimate of drug-likeness (QED) is 0.809. The summed E-state index contributed by atoms with van der Waals surface area (Å²) in [6.07, 6.45) is 2.19. The number of aliphatic hydroxyl groups is 1. The Bertz CT molecular complexity index is 430. The SMILES string of the molecule is OC(c1ccc(F)cc1)c1ccnnc1. The summed E-state index contributed by atoms with van der Waals surface area (Å²) in [6, 6.07) is 7.38. The average molecular weight is 204 g/mol. The lowest BCUT2D eigenvalue weighted by Crippen LogP contribution is -2.00. The van der Waals surface area contributed by atoms with Crippen molar-refractivity contribution in [2.75, 3.05) is 0 Å². The Balaban J connectivity index is 2.29. The van der Waals surface area contributed by atoms with Crippen LogP contribution >= 0.6 is 0 Å². The molecule has 3 nitrogen and oxygen atoms in total. The van der Waals surface area contributed by atoms with Gasteiger partial charge in [0.15, 0.2) is 0 Å². The van der Waals surface area contributed by atoms with Crippen molar-refractivity contribution in [3.05, 3.63) is 59.7 Å². The topological polar surface area (TPSA) is 46.0 Å². The molecule has 1 aromatic heterocycles. The molecule has 0 amide bonds. The molecule has 2 rings (SSSR count). The maximum absolute atomic E-state index is 12.6. The van der Waals surface area contributed by atoms with E-state index in [1.807, 2.05) is 0 Å². The molecule has 0 aliphatic carbocycles. The van der Waals surface area contributed by atoms with Crippen molar-refractivity contribution >= 4 is 0 Å². The van der Waals surface area contributed by atoms with E-state index < -0.39 is 6.10 Å². The van der Waals surface area contributed by atoms with Crippen LogP contribution in [0.15, 0.2) is 42.7 Å². The minimum absolute atomic E-state index is 0.321. The summed E-state index contributed by atoms with van der Waals surface area (Å²) in [5.41, 5.74) is 1.26. The average Bonchev–Trinajstić information content (AvgIpc) is 2.30. The maximum Gasteiger partial charge on any atom is 0.123 e. The third-order valence-electron chi connectivity index (χ3n) is 2.11. The van der Waals surface area contributed by atoms with Crippen LogP contribution in [0, 0.1) is 5.82 Å².